The second-order valence-corrected chi connectivity index (χ2v) is 4.31. The fourth-order valence-corrected chi connectivity index (χ4v) is 1.96. The summed E-state index contributed by atoms with van der Waals surface area (Å²) in [5.74, 6) is 0.408. The maximum Gasteiger partial charge on any atom is 0.265 e. The van der Waals surface area contributed by atoms with Gasteiger partial charge in [0.25, 0.3) is 11.3 Å². The normalized spacial score (nSPS) is 11.0. The third-order valence-electron chi connectivity index (χ3n) is 2.62. The van der Waals surface area contributed by atoms with E-state index in [4.69, 9.17) is 16.1 Å². The first-order chi connectivity index (χ1) is 8.65. The highest BCUT2D eigenvalue weighted by atomic mass is 35.5. The molecule has 2 aromatic heterocycles. The average molecular weight is 262 g/mol. The fourth-order valence-electron chi connectivity index (χ4n) is 1.77. The van der Waals surface area contributed by atoms with Crippen LogP contribution in [0.2, 0.25) is 5.02 Å². The highest BCUT2D eigenvalue weighted by Gasteiger charge is 2.12. The molecule has 0 spiro atoms. The molecule has 1 aromatic carbocycles. The van der Waals surface area contributed by atoms with Crippen LogP contribution in [-0.4, -0.2) is 15.1 Å². The summed E-state index contributed by atoms with van der Waals surface area (Å²) in [5.41, 5.74) is 1.20. The Hall–Kier alpha value is -2.14. The van der Waals surface area contributed by atoms with Gasteiger partial charge in [-0.1, -0.05) is 28.9 Å². The zero-order valence-corrected chi connectivity index (χ0v) is 10.2. The Morgan fingerprint density at radius 3 is 3.00 bits per heavy atom. The van der Waals surface area contributed by atoms with E-state index in [9.17, 15) is 4.79 Å². The number of hydrogen-bond acceptors (Lipinski definition) is 4. The number of hydrogen-bond donors (Lipinski definition) is 1. The molecular formula is C12H8ClN3O2. The van der Waals surface area contributed by atoms with Crippen LogP contribution in [0.3, 0.4) is 0 Å². The topological polar surface area (TPSA) is 71.8 Å². The SMILES string of the molecule is Cc1noc2nc(-c3cccc(Cl)c3)[nH]c(=O)c12. The van der Waals surface area contributed by atoms with Crippen molar-refractivity contribution in [2.75, 3.05) is 0 Å². The molecule has 0 atom stereocenters. The summed E-state index contributed by atoms with van der Waals surface area (Å²) in [6.07, 6.45) is 0. The van der Waals surface area contributed by atoms with Gasteiger partial charge in [-0.15, -0.1) is 0 Å². The Labute approximate surface area is 106 Å². The van der Waals surface area contributed by atoms with Crippen molar-refractivity contribution in [3.63, 3.8) is 0 Å². The molecule has 0 bridgehead atoms. The highest BCUT2D eigenvalue weighted by Crippen LogP contribution is 2.20. The van der Waals surface area contributed by atoms with E-state index in [1.165, 1.54) is 0 Å². The van der Waals surface area contributed by atoms with Gasteiger partial charge >= 0.3 is 0 Å². The molecule has 3 aromatic rings. The Morgan fingerprint density at radius 2 is 2.22 bits per heavy atom. The van der Waals surface area contributed by atoms with Crippen LogP contribution in [0.5, 0.6) is 0 Å². The van der Waals surface area contributed by atoms with E-state index in [1.807, 2.05) is 0 Å². The summed E-state index contributed by atoms with van der Waals surface area (Å²) in [4.78, 5) is 18.8. The van der Waals surface area contributed by atoms with Crippen LogP contribution in [0.25, 0.3) is 22.5 Å². The summed E-state index contributed by atoms with van der Waals surface area (Å²) in [6.45, 7) is 1.70. The number of fused-ring (bicyclic) bond motifs is 1. The molecule has 1 N–H and O–H groups in total. The molecule has 0 aliphatic carbocycles. The number of halogens is 1. The van der Waals surface area contributed by atoms with Gasteiger partial charge < -0.3 is 9.51 Å². The lowest BCUT2D eigenvalue weighted by Crippen LogP contribution is -2.09. The van der Waals surface area contributed by atoms with Crippen LogP contribution in [0.15, 0.2) is 33.6 Å². The molecule has 2 heterocycles. The van der Waals surface area contributed by atoms with Crippen LogP contribution in [-0.2, 0) is 0 Å². The van der Waals surface area contributed by atoms with Gasteiger partial charge in [-0.25, -0.2) is 0 Å². The van der Waals surface area contributed by atoms with Gasteiger partial charge in [-0.05, 0) is 19.1 Å². The number of nitrogens with one attached hydrogen (secondary N) is 1. The molecule has 90 valence electrons. The van der Waals surface area contributed by atoms with Crippen molar-refractivity contribution < 1.29 is 4.52 Å². The second kappa shape index (κ2) is 3.96. The fraction of sp³-hybridized carbons (Fsp3) is 0.0833. The summed E-state index contributed by atoms with van der Waals surface area (Å²) < 4.78 is 5.01. The molecule has 3 rings (SSSR count). The van der Waals surface area contributed by atoms with Crippen molar-refractivity contribution in [1.82, 2.24) is 15.1 Å². The molecule has 0 saturated heterocycles. The third kappa shape index (κ3) is 1.69. The van der Waals surface area contributed by atoms with Crippen molar-refractivity contribution in [2.45, 2.75) is 6.92 Å². The predicted molar refractivity (Wildman–Crippen MR) is 67.6 cm³/mol. The maximum atomic E-state index is 11.9. The van der Waals surface area contributed by atoms with Gasteiger partial charge in [0, 0.05) is 10.6 Å². The molecule has 0 fully saturated rings. The number of aryl methyl sites for hydroxylation is 1. The minimum Gasteiger partial charge on any atom is -0.335 e. The van der Waals surface area contributed by atoms with Crippen LogP contribution in [0.4, 0.5) is 0 Å². The minimum atomic E-state index is -0.270. The van der Waals surface area contributed by atoms with Gasteiger partial charge in [0.1, 0.15) is 11.2 Å². The van der Waals surface area contributed by atoms with E-state index in [1.54, 1.807) is 31.2 Å². The Balaban J connectivity index is 2.28. The number of nitrogens with zero attached hydrogens (tertiary/aromatic N) is 2. The first kappa shape index (κ1) is 11.0. The van der Waals surface area contributed by atoms with Crippen LogP contribution >= 0.6 is 11.6 Å². The van der Waals surface area contributed by atoms with E-state index >= 15 is 0 Å². The van der Waals surface area contributed by atoms with Gasteiger partial charge in [-0.3, -0.25) is 4.79 Å². The van der Waals surface area contributed by atoms with Crippen LogP contribution in [0, 0.1) is 6.92 Å². The molecule has 5 nitrogen and oxygen atoms in total. The quantitative estimate of drug-likeness (QED) is 0.731. The number of aromatic nitrogens is 3. The summed E-state index contributed by atoms with van der Waals surface area (Å²) in [6, 6.07) is 7.06. The highest BCUT2D eigenvalue weighted by molar-refractivity contribution is 6.30. The Kier molecular flexibility index (Phi) is 2.41. The Bertz CT molecular complexity index is 791. The molecule has 0 aliphatic heterocycles. The zero-order valence-electron chi connectivity index (χ0n) is 9.40. The second-order valence-electron chi connectivity index (χ2n) is 3.87. The lowest BCUT2D eigenvalue weighted by atomic mass is 10.2. The lowest BCUT2D eigenvalue weighted by molar-refractivity contribution is 0.443. The molecule has 0 radical (unpaired) electrons. The van der Waals surface area contributed by atoms with Gasteiger partial charge in [0.15, 0.2) is 0 Å². The third-order valence-corrected chi connectivity index (χ3v) is 2.85. The average Bonchev–Trinajstić information content (AvgIpc) is 2.71. The molecule has 0 saturated carbocycles. The monoisotopic (exact) mass is 261 g/mol. The van der Waals surface area contributed by atoms with Gasteiger partial charge in [0.05, 0.1) is 5.69 Å². The number of aromatic amines is 1. The van der Waals surface area contributed by atoms with E-state index in [2.05, 4.69) is 15.1 Å². The first-order valence-corrected chi connectivity index (χ1v) is 5.65. The van der Waals surface area contributed by atoms with Crippen LogP contribution in [0.1, 0.15) is 5.69 Å². The van der Waals surface area contributed by atoms with Crippen LogP contribution < -0.4 is 5.56 Å². The van der Waals surface area contributed by atoms with Crippen molar-refractivity contribution in [3.05, 3.63) is 45.3 Å². The lowest BCUT2D eigenvalue weighted by Gasteiger charge is -2.00. The Morgan fingerprint density at radius 1 is 1.39 bits per heavy atom. The van der Waals surface area contributed by atoms with Crippen molar-refractivity contribution in [3.8, 4) is 11.4 Å². The van der Waals surface area contributed by atoms with Crippen molar-refractivity contribution in [2.24, 2.45) is 0 Å². The van der Waals surface area contributed by atoms with E-state index in [-0.39, 0.29) is 11.3 Å². The number of H-pyrrole nitrogens is 1. The van der Waals surface area contributed by atoms with E-state index in [0.717, 1.165) is 5.56 Å². The number of benzene rings is 1. The van der Waals surface area contributed by atoms with E-state index < -0.39 is 0 Å². The summed E-state index contributed by atoms with van der Waals surface area (Å²) in [5, 5.41) is 4.67. The first-order valence-electron chi connectivity index (χ1n) is 5.27. The molecule has 6 heteroatoms. The summed E-state index contributed by atoms with van der Waals surface area (Å²) in [7, 11) is 0. The molecule has 0 amide bonds. The molecule has 0 aliphatic rings. The molecule has 18 heavy (non-hydrogen) atoms. The van der Waals surface area contributed by atoms with Crippen molar-refractivity contribution >= 4 is 22.7 Å². The number of rotatable bonds is 1. The molecular weight excluding hydrogens is 254 g/mol. The van der Waals surface area contributed by atoms with Gasteiger partial charge in [0.2, 0.25) is 0 Å². The maximum absolute atomic E-state index is 11.9. The standard InChI is InChI=1S/C12H8ClN3O2/c1-6-9-11(17)14-10(15-12(9)18-16-6)7-3-2-4-8(13)5-7/h2-5H,1H3,(H,14,15,17). The summed E-state index contributed by atoms with van der Waals surface area (Å²) >= 11 is 5.90. The van der Waals surface area contributed by atoms with E-state index in [0.29, 0.717) is 21.9 Å². The minimum absolute atomic E-state index is 0.228. The predicted octanol–water partition coefficient (Wildman–Crippen LogP) is 2.54. The smallest absolute Gasteiger partial charge is 0.265 e. The van der Waals surface area contributed by atoms with Crippen molar-refractivity contribution in [1.29, 1.82) is 0 Å². The molecule has 0 unspecified atom stereocenters. The largest absolute Gasteiger partial charge is 0.335 e. The zero-order chi connectivity index (χ0) is 12.7. The van der Waals surface area contributed by atoms with Gasteiger partial charge in [-0.2, -0.15) is 4.98 Å².